The first-order valence-electron chi connectivity index (χ1n) is 10.8. The molecule has 1 amide bonds. The molecule has 0 aliphatic carbocycles. The van der Waals surface area contributed by atoms with Gasteiger partial charge in [-0.05, 0) is 68.2 Å². The molecule has 5 rings (SSSR count). The van der Waals surface area contributed by atoms with Gasteiger partial charge in [-0.15, -0.1) is 0 Å². The highest BCUT2D eigenvalue weighted by molar-refractivity contribution is 7.90. The first-order valence-corrected chi connectivity index (χ1v) is 12.7. The number of sulfone groups is 1. The van der Waals surface area contributed by atoms with E-state index in [4.69, 9.17) is 0 Å². The van der Waals surface area contributed by atoms with Crippen molar-refractivity contribution in [2.75, 3.05) is 16.9 Å². The van der Waals surface area contributed by atoms with Crippen molar-refractivity contribution in [3.63, 3.8) is 0 Å². The molecule has 35 heavy (non-hydrogen) atoms. The van der Waals surface area contributed by atoms with Crippen molar-refractivity contribution in [3.05, 3.63) is 77.9 Å². The molecule has 4 heterocycles. The smallest absolute Gasteiger partial charge is 0.235 e. The van der Waals surface area contributed by atoms with Crippen molar-refractivity contribution in [3.8, 4) is 11.8 Å². The third-order valence-electron chi connectivity index (χ3n) is 5.88. The Kier molecular flexibility index (Phi) is 5.26. The zero-order chi connectivity index (χ0) is 24.8. The minimum atomic E-state index is -3.26. The topological polar surface area (TPSA) is 114 Å². The predicted octanol–water partition coefficient (Wildman–Crippen LogP) is 3.80. The fraction of sp³-hybridized carbons (Fsp3) is 0.154. The maximum Gasteiger partial charge on any atom is 0.235 e. The number of carbonyl (C=O) groups excluding carboxylic acids is 1. The summed E-state index contributed by atoms with van der Waals surface area (Å²) in [7, 11) is -3.26. The van der Waals surface area contributed by atoms with Gasteiger partial charge in [-0.1, -0.05) is 6.07 Å². The number of fused-ring (bicyclic) bond motifs is 2. The second kappa shape index (κ2) is 8.18. The second-order valence-electron chi connectivity index (χ2n) is 8.79. The molecule has 174 valence electrons. The Labute approximate surface area is 202 Å². The quantitative estimate of drug-likeness (QED) is 0.426. The van der Waals surface area contributed by atoms with Crippen LogP contribution in [0.4, 0.5) is 17.3 Å². The molecule has 1 aliphatic rings. The summed E-state index contributed by atoms with van der Waals surface area (Å²) >= 11 is 0. The van der Waals surface area contributed by atoms with Gasteiger partial charge >= 0.3 is 0 Å². The van der Waals surface area contributed by atoms with Crippen molar-refractivity contribution in [2.45, 2.75) is 24.2 Å². The van der Waals surface area contributed by atoms with Crippen LogP contribution in [0.5, 0.6) is 0 Å². The van der Waals surface area contributed by atoms with Crippen LogP contribution in [0.15, 0.2) is 65.8 Å². The fourth-order valence-corrected chi connectivity index (χ4v) is 4.43. The highest BCUT2D eigenvalue weighted by atomic mass is 32.2. The molecule has 0 spiro atoms. The van der Waals surface area contributed by atoms with E-state index in [9.17, 15) is 13.2 Å². The molecule has 0 saturated heterocycles. The second-order valence-corrected chi connectivity index (χ2v) is 10.8. The van der Waals surface area contributed by atoms with E-state index in [1.807, 2.05) is 32.0 Å². The zero-order valence-corrected chi connectivity index (χ0v) is 20.1. The number of nitrogens with zero attached hydrogens (tertiary/aromatic N) is 3. The lowest BCUT2D eigenvalue weighted by atomic mass is 9.87. The average molecular weight is 484 g/mol. The molecule has 4 aromatic rings. The SMILES string of the molecule is CC1(C)C(=O)Nc2nc(C#Cc3nccc4cnc(Nc5ccc(S(C)(=O)=O)cc5)cc34)ccc21. The number of amides is 1. The van der Waals surface area contributed by atoms with E-state index in [-0.39, 0.29) is 10.8 Å². The van der Waals surface area contributed by atoms with Crippen molar-refractivity contribution in [1.82, 2.24) is 15.0 Å². The van der Waals surface area contributed by atoms with Gasteiger partial charge < -0.3 is 10.6 Å². The van der Waals surface area contributed by atoms with Crippen molar-refractivity contribution >= 4 is 43.8 Å². The number of pyridine rings is 3. The summed E-state index contributed by atoms with van der Waals surface area (Å²) in [6, 6.07) is 13.8. The standard InChI is InChI=1S/C26H21N5O3S/c1-26(2)21-10-6-18(30-24(21)31-25(26)32)7-11-22-20-14-23(28-15-16(20)12-13-27-22)29-17-4-8-19(9-5-17)35(3,33)34/h4-6,8-10,12-15H,1-3H3,(H,28,29)(H,30,31,32). The van der Waals surface area contributed by atoms with Gasteiger partial charge in [-0.3, -0.25) is 4.79 Å². The molecule has 0 atom stereocenters. The van der Waals surface area contributed by atoms with Crippen LogP contribution in [0.1, 0.15) is 30.8 Å². The van der Waals surface area contributed by atoms with Gasteiger partial charge in [0.15, 0.2) is 9.84 Å². The third kappa shape index (κ3) is 4.32. The Morgan fingerprint density at radius 2 is 1.77 bits per heavy atom. The van der Waals surface area contributed by atoms with Gasteiger partial charge in [0.2, 0.25) is 5.91 Å². The fourth-order valence-electron chi connectivity index (χ4n) is 3.80. The lowest BCUT2D eigenvalue weighted by molar-refractivity contribution is -0.119. The number of rotatable bonds is 3. The van der Waals surface area contributed by atoms with Gasteiger partial charge in [-0.25, -0.2) is 23.4 Å². The summed E-state index contributed by atoms with van der Waals surface area (Å²) in [4.78, 5) is 25.8. The molecule has 0 unspecified atom stereocenters. The van der Waals surface area contributed by atoms with Crippen LogP contribution in [-0.2, 0) is 20.0 Å². The number of hydrogen-bond acceptors (Lipinski definition) is 7. The van der Waals surface area contributed by atoms with E-state index < -0.39 is 15.3 Å². The van der Waals surface area contributed by atoms with E-state index in [0.29, 0.717) is 28.7 Å². The monoisotopic (exact) mass is 483 g/mol. The van der Waals surface area contributed by atoms with Crippen molar-refractivity contribution in [1.29, 1.82) is 0 Å². The van der Waals surface area contributed by atoms with Crippen LogP contribution in [-0.4, -0.2) is 35.5 Å². The Hall–Kier alpha value is -4.29. The van der Waals surface area contributed by atoms with E-state index in [0.717, 1.165) is 16.3 Å². The van der Waals surface area contributed by atoms with Gasteiger partial charge in [0.1, 0.15) is 23.0 Å². The molecular weight excluding hydrogens is 462 g/mol. The summed E-state index contributed by atoms with van der Waals surface area (Å²) in [5, 5.41) is 7.68. The zero-order valence-electron chi connectivity index (χ0n) is 19.2. The summed E-state index contributed by atoms with van der Waals surface area (Å²) in [6.45, 7) is 3.72. The van der Waals surface area contributed by atoms with Gasteiger partial charge in [0.25, 0.3) is 0 Å². The number of benzene rings is 1. The average Bonchev–Trinajstić information content (AvgIpc) is 3.05. The first-order chi connectivity index (χ1) is 16.6. The van der Waals surface area contributed by atoms with Crippen LogP contribution in [0.3, 0.4) is 0 Å². The maximum absolute atomic E-state index is 12.2. The molecular formula is C26H21N5O3S. The van der Waals surface area contributed by atoms with Gasteiger partial charge in [-0.2, -0.15) is 0 Å². The van der Waals surface area contributed by atoms with Gasteiger partial charge in [0, 0.05) is 40.7 Å². The van der Waals surface area contributed by atoms with E-state index in [2.05, 4.69) is 37.4 Å². The third-order valence-corrected chi connectivity index (χ3v) is 7.01. The molecule has 3 aromatic heterocycles. The summed E-state index contributed by atoms with van der Waals surface area (Å²) < 4.78 is 23.3. The van der Waals surface area contributed by atoms with Crippen LogP contribution >= 0.6 is 0 Å². The number of aromatic nitrogens is 3. The summed E-state index contributed by atoms with van der Waals surface area (Å²) in [6.07, 6.45) is 4.57. The first kappa shape index (κ1) is 22.5. The normalized spacial score (nSPS) is 14.1. The number of anilines is 3. The molecule has 0 fully saturated rings. The number of nitrogens with one attached hydrogen (secondary N) is 2. The van der Waals surface area contributed by atoms with E-state index in [1.165, 1.54) is 6.26 Å². The summed E-state index contributed by atoms with van der Waals surface area (Å²) in [5.41, 5.74) is 2.02. The molecule has 0 bridgehead atoms. The molecule has 8 nitrogen and oxygen atoms in total. The minimum Gasteiger partial charge on any atom is -0.340 e. The van der Waals surface area contributed by atoms with E-state index >= 15 is 0 Å². The highest BCUT2D eigenvalue weighted by Crippen LogP contribution is 2.35. The lowest BCUT2D eigenvalue weighted by Gasteiger charge is -2.13. The van der Waals surface area contributed by atoms with Crippen LogP contribution in [0.25, 0.3) is 10.8 Å². The molecule has 0 radical (unpaired) electrons. The Morgan fingerprint density at radius 3 is 2.51 bits per heavy atom. The van der Waals surface area contributed by atoms with Crippen LogP contribution < -0.4 is 10.6 Å². The molecule has 2 N–H and O–H groups in total. The highest BCUT2D eigenvalue weighted by Gasteiger charge is 2.39. The molecule has 9 heteroatoms. The van der Waals surface area contributed by atoms with Crippen LogP contribution in [0, 0.1) is 11.8 Å². The van der Waals surface area contributed by atoms with E-state index in [1.54, 1.807) is 42.7 Å². The molecule has 1 aromatic carbocycles. The largest absolute Gasteiger partial charge is 0.340 e. The van der Waals surface area contributed by atoms with Crippen molar-refractivity contribution in [2.24, 2.45) is 0 Å². The van der Waals surface area contributed by atoms with Crippen molar-refractivity contribution < 1.29 is 13.2 Å². The number of carbonyl (C=O) groups is 1. The lowest BCUT2D eigenvalue weighted by Crippen LogP contribution is -2.26. The minimum absolute atomic E-state index is 0.0840. The van der Waals surface area contributed by atoms with Crippen LogP contribution in [0.2, 0.25) is 0 Å². The van der Waals surface area contributed by atoms with Gasteiger partial charge in [0.05, 0.1) is 10.3 Å². The maximum atomic E-state index is 12.2. The molecule has 0 saturated carbocycles. The Balaban J connectivity index is 1.45. The Morgan fingerprint density at radius 1 is 1.00 bits per heavy atom. The molecule has 1 aliphatic heterocycles. The number of hydrogen-bond donors (Lipinski definition) is 2. The summed E-state index contributed by atoms with van der Waals surface area (Å²) in [5.74, 6) is 7.15. The Bertz CT molecular complexity index is 1670. The predicted molar refractivity (Wildman–Crippen MR) is 134 cm³/mol.